The molecular formula is C23H21BrN4O3. The van der Waals surface area contributed by atoms with Crippen LogP contribution in [0.5, 0.6) is 5.75 Å². The lowest BCUT2D eigenvalue weighted by atomic mass is 10.1. The van der Waals surface area contributed by atoms with E-state index in [1.54, 1.807) is 6.07 Å². The van der Waals surface area contributed by atoms with Crippen molar-refractivity contribution < 1.29 is 9.26 Å². The van der Waals surface area contributed by atoms with Gasteiger partial charge in [0.1, 0.15) is 12.3 Å². The molecule has 0 bridgehead atoms. The lowest BCUT2D eigenvalue weighted by Crippen LogP contribution is -2.23. The number of rotatable bonds is 8. The molecule has 2 aromatic carbocycles. The fraction of sp³-hybridized carbons (Fsp3) is 0.217. The van der Waals surface area contributed by atoms with Crippen LogP contribution >= 0.6 is 15.9 Å². The number of ether oxygens (including phenoxy) is 1. The van der Waals surface area contributed by atoms with E-state index < -0.39 is 0 Å². The van der Waals surface area contributed by atoms with Gasteiger partial charge in [0.05, 0.1) is 12.3 Å². The van der Waals surface area contributed by atoms with Gasteiger partial charge in [0, 0.05) is 21.7 Å². The van der Waals surface area contributed by atoms with Gasteiger partial charge >= 0.3 is 0 Å². The smallest absolute Gasteiger partial charge is 0.267 e. The van der Waals surface area contributed by atoms with Crippen molar-refractivity contribution in [1.82, 2.24) is 19.9 Å². The van der Waals surface area contributed by atoms with Crippen LogP contribution in [0.25, 0.3) is 22.6 Å². The second-order valence-corrected chi connectivity index (χ2v) is 7.88. The van der Waals surface area contributed by atoms with Crippen LogP contribution in [0.3, 0.4) is 0 Å². The summed E-state index contributed by atoms with van der Waals surface area (Å²) >= 11 is 3.43. The van der Waals surface area contributed by atoms with Gasteiger partial charge in [-0.1, -0.05) is 46.6 Å². The van der Waals surface area contributed by atoms with Gasteiger partial charge in [-0.05, 0) is 48.9 Å². The summed E-state index contributed by atoms with van der Waals surface area (Å²) in [7, 11) is 0. The molecule has 0 saturated heterocycles. The van der Waals surface area contributed by atoms with Crippen LogP contribution in [0.2, 0.25) is 0 Å². The van der Waals surface area contributed by atoms with Gasteiger partial charge in [-0.3, -0.25) is 4.79 Å². The zero-order valence-electron chi connectivity index (χ0n) is 17.0. The van der Waals surface area contributed by atoms with Crippen molar-refractivity contribution in [2.24, 2.45) is 0 Å². The van der Waals surface area contributed by atoms with Crippen LogP contribution in [0.4, 0.5) is 0 Å². The number of hydrogen-bond acceptors (Lipinski definition) is 6. The minimum atomic E-state index is -0.245. The fourth-order valence-electron chi connectivity index (χ4n) is 2.96. The van der Waals surface area contributed by atoms with Gasteiger partial charge in [0.15, 0.2) is 0 Å². The van der Waals surface area contributed by atoms with Gasteiger partial charge in [0.2, 0.25) is 11.7 Å². The summed E-state index contributed by atoms with van der Waals surface area (Å²) in [6.07, 6.45) is 2.11. The molecule has 0 amide bonds. The molecule has 0 atom stereocenters. The lowest BCUT2D eigenvalue weighted by molar-refractivity contribution is 0.309. The summed E-state index contributed by atoms with van der Waals surface area (Å²) in [5.74, 6) is 1.58. The van der Waals surface area contributed by atoms with E-state index in [4.69, 9.17) is 9.26 Å². The molecule has 4 aromatic rings. The number of aromatic nitrogens is 4. The fourth-order valence-corrected chi connectivity index (χ4v) is 3.36. The molecule has 2 aromatic heterocycles. The van der Waals surface area contributed by atoms with Crippen molar-refractivity contribution >= 4 is 15.9 Å². The van der Waals surface area contributed by atoms with E-state index >= 15 is 0 Å². The van der Waals surface area contributed by atoms with Crippen LogP contribution < -0.4 is 10.3 Å². The molecule has 2 heterocycles. The predicted octanol–water partition coefficient (Wildman–Crippen LogP) is 4.95. The van der Waals surface area contributed by atoms with Crippen molar-refractivity contribution in [1.29, 1.82) is 0 Å². The molecular weight excluding hydrogens is 460 g/mol. The summed E-state index contributed by atoms with van der Waals surface area (Å²) in [5, 5.41) is 8.48. The lowest BCUT2D eigenvalue weighted by Gasteiger charge is -2.07. The van der Waals surface area contributed by atoms with Crippen molar-refractivity contribution in [3.63, 3.8) is 0 Å². The molecule has 0 saturated carbocycles. The normalized spacial score (nSPS) is 10.9. The average molecular weight is 481 g/mol. The highest BCUT2D eigenvalue weighted by atomic mass is 79.9. The maximum absolute atomic E-state index is 12.3. The highest BCUT2D eigenvalue weighted by molar-refractivity contribution is 9.10. The number of nitrogens with zero attached hydrogens (tertiary/aromatic N) is 4. The topological polar surface area (TPSA) is 83.0 Å². The van der Waals surface area contributed by atoms with Crippen LogP contribution in [0.1, 0.15) is 25.7 Å². The third kappa shape index (κ3) is 5.27. The Labute approximate surface area is 187 Å². The van der Waals surface area contributed by atoms with E-state index in [0.29, 0.717) is 24.0 Å². The molecule has 0 spiro atoms. The van der Waals surface area contributed by atoms with Crippen molar-refractivity contribution in [3.8, 4) is 28.4 Å². The third-order valence-electron chi connectivity index (χ3n) is 4.62. The van der Waals surface area contributed by atoms with Crippen molar-refractivity contribution in [3.05, 3.63) is 81.4 Å². The minimum Gasteiger partial charge on any atom is -0.494 e. The summed E-state index contributed by atoms with van der Waals surface area (Å²) < 4.78 is 13.3. The second kappa shape index (κ2) is 9.70. The number of unbranched alkanes of at least 4 members (excludes halogenated alkanes) is 1. The quantitative estimate of drug-likeness (QED) is 0.331. The first-order valence-corrected chi connectivity index (χ1v) is 10.8. The van der Waals surface area contributed by atoms with E-state index in [2.05, 4.69) is 38.1 Å². The minimum absolute atomic E-state index is 0.0892. The zero-order valence-corrected chi connectivity index (χ0v) is 18.6. The maximum Gasteiger partial charge on any atom is 0.267 e. The number of hydrogen-bond donors (Lipinski definition) is 0. The molecule has 0 fully saturated rings. The first-order chi connectivity index (χ1) is 15.1. The molecule has 0 aliphatic rings. The van der Waals surface area contributed by atoms with Crippen LogP contribution in [0, 0.1) is 0 Å². The first-order valence-electron chi connectivity index (χ1n) is 10.0. The average Bonchev–Trinajstić information content (AvgIpc) is 3.25. The Morgan fingerprint density at radius 3 is 2.68 bits per heavy atom. The Balaban J connectivity index is 1.52. The molecule has 158 valence electrons. The van der Waals surface area contributed by atoms with E-state index in [-0.39, 0.29) is 12.1 Å². The molecule has 4 rings (SSSR count). The van der Waals surface area contributed by atoms with Crippen molar-refractivity contribution in [2.75, 3.05) is 6.61 Å². The Morgan fingerprint density at radius 1 is 1.06 bits per heavy atom. The van der Waals surface area contributed by atoms with Crippen LogP contribution in [-0.2, 0) is 6.54 Å². The van der Waals surface area contributed by atoms with Gasteiger partial charge < -0.3 is 9.26 Å². The summed E-state index contributed by atoms with van der Waals surface area (Å²) in [5.41, 5.74) is 2.13. The van der Waals surface area contributed by atoms with E-state index in [1.807, 2.05) is 48.5 Å². The standard InChI is InChI=1S/C23H21BrN4O3/c1-2-3-13-30-19-9-7-16(8-10-19)20-11-12-22(29)28(26-20)15-21-25-23(27-31-21)17-5-4-6-18(24)14-17/h4-12,14H,2-3,13,15H2,1H3. The molecule has 0 N–H and O–H groups in total. The van der Waals surface area contributed by atoms with E-state index in [9.17, 15) is 4.79 Å². The second-order valence-electron chi connectivity index (χ2n) is 6.96. The predicted molar refractivity (Wildman–Crippen MR) is 121 cm³/mol. The summed E-state index contributed by atoms with van der Waals surface area (Å²) in [6, 6.07) is 18.5. The Bertz CT molecular complexity index is 1220. The van der Waals surface area contributed by atoms with Crippen LogP contribution in [-0.4, -0.2) is 26.5 Å². The third-order valence-corrected chi connectivity index (χ3v) is 5.11. The zero-order chi connectivity index (χ0) is 21.6. The first kappa shape index (κ1) is 21.0. The SMILES string of the molecule is CCCCOc1ccc(-c2ccc(=O)n(Cc3nc(-c4cccc(Br)c4)no3)n2)cc1. The molecule has 0 radical (unpaired) electrons. The maximum atomic E-state index is 12.3. The molecule has 0 aliphatic heterocycles. The summed E-state index contributed by atoms with van der Waals surface area (Å²) in [6.45, 7) is 2.92. The van der Waals surface area contributed by atoms with Gasteiger partial charge in [-0.15, -0.1) is 0 Å². The largest absolute Gasteiger partial charge is 0.494 e. The number of halogens is 1. The van der Waals surface area contributed by atoms with Gasteiger partial charge in [0.25, 0.3) is 5.56 Å². The molecule has 0 aliphatic carbocycles. The Kier molecular flexibility index (Phi) is 6.57. The highest BCUT2D eigenvalue weighted by Gasteiger charge is 2.12. The highest BCUT2D eigenvalue weighted by Crippen LogP contribution is 2.22. The van der Waals surface area contributed by atoms with E-state index in [0.717, 1.165) is 34.2 Å². The Morgan fingerprint density at radius 2 is 1.90 bits per heavy atom. The van der Waals surface area contributed by atoms with E-state index in [1.165, 1.54) is 10.7 Å². The monoisotopic (exact) mass is 480 g/mol. The van der Waals surface area contributed by atoms with Crippen molar-refractivity contribution in [2.45, 2.75) is 26.3 Å². The van der Waals surface area contributed by atoms with Crippen LogP contribution in [0.15, 0.2) is 74.5 Å². The van der Waals surface area contributed by atoms with Gasteiger partial charge in [-0.25, -0.2) is 4.68 Å². The number of benzene rings is 2. The molecule has 8 heteroatoms. The van der Waals surface area contributed by atoms with Gasteiger partial charge in [-0.2, -0.15) is 10.1 Å². The molecule has 7 nitrogen and oxygen atoms in total. The Hall–Kier alpha value is -3.26. The molecule has 0 unspecified atom stereocenters. The summed E-state index contributed by atoms with van der Waals surface area (Å²) in [4.78, 5) is 16.7. The molecule has 31 heavy (non-hydrogen) atoms.